The Kier molecular flexibility index (Phi) is 5.64. The lowest BCUT2D eigenvalue weighted by molar-refractivity contribution is -0.131. The molecule has 1 aliphatic rings. The van der Waals surface area contributed by atoms with E-state index in [1.54, 1.807) is 31.1 Å². The van der Waals surface area contributed by atoms with Gasteiger partial charge in [-0.2, -0.15) is 0 Å². The summed E-state index contributed by atoms with van der Waals surface area (Å²) in [4.78, 5) is 27.8. The van der Waals surface area contributed by atoms with Gasteiger partial charge in [-0.1, -0.05) is 19.9 Å². The van der Waals surface area contributed by atoms with E-state index in [0.717, 1.165) is 18.8 Å². The van der Waals surface area contributed by atoms with E-state index in [1.807, 2.05) is 17.0 Å². The Morgan fingerprint density at radius 2 is 1.87 bits per heavy atom. The molecule has 0 spiro atoms. The topological polar surface area (TPSA) is 52.7 Å². The van der Waals surface area contributed by atoms with Crippen LogP contribution in [-0.4, -0.2) is 55.3 Å². The number of hydrogen-bond donors (Lipinski definition) is 1. The molecule has 1 aromatic rings. The highest BCUT2D eigenvalue weighted by atomic mass is 16.2. The Balaban J connectivity index is 1.94. The quantitative estimate of drug-likeness (QED) is 0.927. The standard InChI is InChI=1S/C18H27N3O2/c1-13-8-14(2)12-21(11-13)17(22)10-19-16-7-5-6-15(9-16)18(23)20(3)4/h5-7,9,13-14,19H,8,10-12H2,1-4H3/t13-,14-/m1/s1. The fourth-order valence-electron chi connectivity index (χ4n) is 3.18. The fraction of sp³-hybridized carbons (Fsp3) is 0.556. The van der Waals surface area contributed by atoms with Gasteiger partial charge in [-0.3, -0.25) is 9.59 Å². The molecule has 1 fully saturated rings. The van der Waals surface area contributed by atoms with Gasteiger partial charge in [-0.05, 0) is 36.5 Å². The van der Waals surface area contributed by atoms with Gasteiger partial charge in [0.1, 0.15) is 0 Å². The maximum absolute atomic E-state index is 12.4. The van der Waals surface area contributed by atoms with Crippen LogP contribution in [0.4, 0.5) is 5.69 Å². The van der Waals surface area contributed by atoms with Crippen molar-refractivity contribution in [3.05, 3.63) is 29.8 Å². The maximum Gasteiger partial charge on any atom is 0.253 e. The largest absolute Gasteiger partial charge is 0.376 e. The van der Waals surface area contributed by atoms with E-state index in [1.165, 1.54) is 6.42 Å². The van der Waals surface area contributed by atoms with Gasteiger partial charge in [0.25, 0.3) is 5.91 Å². The summed E-state index contributed by atoms with van der Waals surface area (Å²) in [7, 11) is 3.45. The minimum absolute atomic E-state index is 0.0429. The van der Waals surface area contributed by atoms with Crippen molar-refractivity contribution in [1.29, 1.82) is 0 Å². The van der Waals surface area contributed by atoms with Crippen LogP contribution in [0.15, 0.2) is 24.3 Å². The molecule has 1 heterocycles. The average Bonchev–Trinajstić information content (AvgIpc) is 2.51. The number of carbonyl (C=O) groups is 2. The number of piperidine rings is 1. The van der Waals surface area contributed by atoms with Gasteiger partial charge in [0, 0.05) is 38.4 Å². The van der Waals surface area contributed by atoms with Gasteiger partial charge in [0.2, 0.25) is 5.91 Å². The molecule has 0 bridgehead atoms. The van der Waals surface area contributed by atoms with Crippen LogP contribution in [0, 0.1) is 11.8 Å². The second-order valence-electron chi connectivity index (χ2n) is 6.88. The van der Waals surface area contributed by atoms with E-state index >= 15 is 0 Å². The summed E-state index contributed by atoms with van der Waals surface area (Å²) in [6.07, 6.45) is 1.19. The molecule has 0 saturated carbocycles. The van der Waals surface area contributed by atoms with Crippen LogP contribution in [0.5, 0.6) is 0 Å². The zero-order valence-corrected chi connectivity index (χ0v) is 14.5. The Hall–Kier alpha value is -2.04. The Morgan fingerprint density at radius 1 is 1.22 bits per heavy atom. The van der Waals surface area contributed by atoms with Crippen molar-refractivity contribution in [2.24, 2.45) is 11.8 Å². The van der Waals surface area contributed by atoms with Crippen LogP contribution in [0.2, 0.25) is 0 Å². The molecule has 23 heavy (non-hydrogen) atoms. The molecule has 1 saturated heterocycles. The van der Waals surface area contributed by atoms with E-state index in [9.17, 15) is 9.59 Å². The summed E-state index contributed by atoms with van der Waals surface area (Å²) >= 11 is 0. The van der Waals surface area contributed by atoms with E-state index in [2.05, 4.69) is 19.2 Å². The summed E-state index contributed by atoms with van der Waals surface area (Å²) in [6, 6.07) is 7.27. The zero-order valence-electron chi connectivity index (χ0n) is 14.5. The average molecular weight is 317 g/mol. The first-order valence-corrected chi connectivity index (χ1v) is 8.20. The van der Waals surface area contributed by atoms with E-state index in [4.69, 9.17) is 0 Å². The first-order valence-electron chi connectivity index (χ1n) is 8.20. The number of anilines is 1. The summed E-state index contributed by atoms with van der Waals surface area (Å²) in [5, 5.41) is 3.14. The number of likely N-dealkylation sites (tertiary alicyclic amines) is 1. The number of nitrogens with one attached hydrogen (secondary N) is 1. The third kappa shape index (κ3) is 4.71. The van der Waals surface area contributed by atoms with Gasteiger partial charge < -0.3 is 15.1 Å². The molecule has 1 aliphatic heterocycles. The van der Waals surface area contributed by atoms with Gasteiger partial charge >= 0.3 is 0 Å². The van der Waals surface area contributed by atoms with Crippen LogP contribution < -0.4 is 5.32 Å². The van der Waals surface area contributed by atoms with Crippen LogP contribution in [0.3, 0.4) is 0 Å². The third-order valence-corrected chi connectivity index (χ3v) is 4.18. The first-order chi connectivity index (χ1) is 10.9. The van der Waals surface area contributed by atoms with Gasteiger partial charge in [0.15, 0.2) is 0 Å². The normalized spacial score (nSPS) is 21.0. The van der Waals surface area contributed by atoms with Crippen LogP contribution in [0.1, 0.15) is 30.6 Å². The van der Waals surface area contributed by atoms with E-state index in [-0.39, 0.29) is 18.4 Å². The zero-order chi connectivity index (χ0) is 17.0. The summed E-state index contributed by atoms with van der Waals surface area (Å²) in [5.41, 5.74) is 1.41. The first kappa shape index (κ1) is 17.3. The van der Waals surface area contributed by atoms with Crippen molar-refractivity contribution in [3.63, 3.8) is 0 Å². The molecule has 0 aliphatic carbocycles. The molecular formula is C18H27N3O2. The van der Waals surface area contributed by atoms with Gasteiger partial charge in [-0.15, -0.1) is 0 Å². The van der Waals surface area contributed by atoms with Crippen molar-refractivity contribution in [2.75, 3.05) is 39.0 Å². The minimum atomic E-state index is -0.0429. The van der Waals surface area contributed by atoms with Gasteiger partial charge in [0.05, 0.1) is 6.54 Å². The number of benzene rings is 1. The number of nitrogens with zero attached hydrogens (tertiary/aromatic N) is 2. The summed E-state index contributed by atoms with van der Waals surface area (Å²) in [6.45, 7) is 6.33. The van der Waals surface area contributed by atoms with Gasteiger partial charge in [-0.25, -0.2) is 0 Å². The van der Waals surface area contributed by atoms with Crippen molar-refractivity contribution in [2.45, 2.75) is 20.3 Å². The van der Waals surface area contributed by atoms with E-state index < -0.39 is 0 Å². The van der Waals surface area contributed by atoms with Crippen molar-refractivity contribution in [1.82, 2.24) is 9.80 Å². The highest BCUT2D eigenvalue weighted by molar-refractivity contribution is 5.95. The second-order valence-corrected chi connectivity index (χ2v) is 6.88. The SMILES string of the molecule is C[C@@H]1C[C@@H](C)CN(C(=O)CNc2cccc(C(=O)N(C)C)c2)C1. The van der Waals surface area contributed by atoms with Crippen LogP contribution in [0.25, 0.3) is 0 Å². The summed E-state index contributed by atoms with van der Waals surface area (Å²) in [5.74, 6) is 1.19. The predicted octanol–water partition coefficient (Wildman–Crippen LogP) is 2.30. The number of hydrogen-bond acceptors (Lipinski definition) is 3. The van der Waals surface area contributed by atoms with Crippen molar-refractivity contribution >= 4 is 17.5 Å². The molecule has 0 radical (unpaired) electrons. The molecule has 1 N–H and O–H groups in total. The lowest BCUT2D eigenvalue weighted by atomic mass is 9.92. The molecule has 1 aromatic carbocycles. The lowest BCUT2D eigenvalue weighted by Crippen LogP contribution is -2.44. The molecule has 0 unspecified atom stereocenters. The highest BCUT2D eigenvalue weighted by Crippen LogP contribution is 2.21. The molecule has 5 nitrogen and oxygen atoms in total. The smallest absolute Gasteiger partial charge is 0.253 e. The number of carbonyl (C=O) groups excluding carboxylic acids is 2. The second kappa shape index (κ2) is 7.49. The predicted molar refractivity (Wildman–Crippen MR) is 92.5 cm³/mol. The minimum Gasteiger partial charge on any atom is -0.376 e. The maximum atomic E-state index is 12.4. The molecule has 2 atom stereocenters. The van der Waals surface area contributed by atoms with Crippen molar-refractivity contribution in [3.8, 4) is 0 Å². The molecule has 0 aromatic heterocycles. The van der Waals surface area contributed by atoms with Crippen LogP contribution >= 0.6 is 0 Å². The third-order valence-electron chi connectivity index (χ3n) is 4.18. The van der Waals surface area contributed by atoms with Crippen molar-refractivity contribution < 1.29 is 9.59 Å². The molecular weight excluding hydrogens is 290 g/mol. The fourth-order valence-corrected chi connectivity index (χ4v) is 3.18. The Labute approximate surface area is 138 Å². The molecule has 2 amide bonds. The van der Waals surface area contributed by atoms with Crippen LogP contribution in [-0.2, 0) is 4.79 Å². The molecule has 2 rings (SSSR count). The Bertz CT molecular complexity index is 561. The number of rotatable bonds is 4. The molecule has 126 valence electrons. The summed E-state index contributed by atoms with van der Waals surface area (Å²) < 4.78 is 0. The highest BCUT2D eigenvalue weighted by Gasteiger charge is 2.25. The molecule has 5 heteroatoms. The Morgan fingerprint density at radius 3 is 2.48 bits per heavy atom. The monoisotopic (exact) mass is 317 g/mol. The number of amides is 2. The lowest BCUT2D eigenvalue weighted by Gasteiger charge is -2.35. The van der Waals surface area contributed by atoms with E-state index in [0.29, 0.717) is 17.4 Å².